The van der Waals surface area contributed by atoms with Gasteiger partial charge in [0.05, 0.1) is 67.3 Å². The number of rotatable bonds is 8. The lowest BCUT2D eigenvalue weighted by Crippen LogP contribution is -1.98. The third-order valence-corrected chi connectivity index (χ3v) is 28.2. The second-order valence-corrected chi connectivity index (χ2v) is 34.8. The molecule has 6 aromatic heterocycles. The summed E-state index contributed by atoms with van der Waals surface area (Å²) < 4.78 is 7.86. The van der Waals surface area contributed by atoms with Crippen molar-refractivity contribution in [2.45, 2.75) is 6.92 Å². The quantitative estimate of drug-likeness (QED) is 0.141. The van der Waals surface area contributed by atoms with Gasteiger partial charge in [-0.15, -0.1) is 34.0 Å². The third kappa shape index (κ3) is 12.1. The largest absolute Gasteiger partial charge is 0.249 e. The minimum atomic E-state index is 0.893. The summed E-state index contributed by atoms with van der Waals surface area (Å²) in [4.78, 5) is 32.4. The summed E-state index contributed by atoms with van der Waals surface area (Å²) in [6, 6.07) is 144. The maximum absolute atomic E-state index is 5.55. The van der Waals surface area contributed by atoms with Gasteiger partial charge in [0.15, 0.2) is 0 Å². The van der Waals surface area contributed by atoms with Gasteiger partial charge in [-0.3, -0.25) is 0 Å². The molecule has 0 amide bonds. The summed E-state index contributed by atoms with van der Waals surface area (Å²) >= 11 is 5.58. The van der Waals surface area contributed by atoms with Crippen molar-refractivity contribution in [1.29, 1.82) is 0 Å². The van der Waals surface area contributed by atoms with Gasteiger partial charge in [-0.2, -0.15) is 0 Å². The maximum atomic E-state index is 5.55. The Labute approximate surface area is 725 Å². The molecule has 0 bridgehead atoms. The van der Waals surface area contributed by atoms with Crippen molar-refractivity contribution in [1.82, 2.24) is 29.9 Å². The van der Waals surface area contributed by atoms with E-state index in [1.807, 2.05) is 40.1 Å². The Kier molecular flexibility index (Phi) is 17.6. The van der Waals surface area contributed by atoms with Gasteiger partial charge in [0.1, 0.15) is 0 Å². The van der Waals surface area contributed by atoms with Gasteiger partial charge >= 0.3 is 0 Å². The molecule has 0 aliphatic carbocycles. The van der Waals surface area contributed by atoms with Crippen molar-refractivity contribution in [3.8, 4) is 89.7 Å². The van der Waals surface area contributed by atoms with E-state index in [0.29, 0.717) is 0 Å². The smallest absolute Gasteiger partial charge is 0.0979 e. The van der Waals surface area contributed by atoms with Crippen LogP contribution in [-0.2, 0) is 0 Å². The Morgan fingerprint density at radius 2 is 0.371 bits per heavy atom. The van der Waals surface area contributed by atoms with Gasteiger partial charge < -0.3 is 0 Å². The predicted molar refractivity (Wildman–Crippen MR) is 531 cm³/mol. The molecule has 0 aliphatic rings. The summed E-state index contributed by atoms with van der Waals surface area (Å²) in [5, 5.41) is 21.8. The number of aromatic nitrogens is 6. The number of fused-ring (bicyclic) bond motifs is 27. The second kappa shape index (κ2) is 30.1. The molecule has 26 aromatic rings. The third-order valence-electron chi connectivity index (χ3n) is 24.5. The van der Waals surface area contributed by atoms with Crippen LogP contribution in [0.3, 0.4) is 0 Å². The van der Waals surface area contributed by atoms with E-state index >= 15 is 0 Å². The van der Waals surface area contributed by atoms with Crippen molar-refractivity contribution in [2.75, 3.05) is 0 Å². The molecule has 0 saturated carbocycles. The lowest BCUT2D eigenvalue weighted by atomic mass is 9.93. The van der Waals surface area contributed by atoms with E-state index in [1.165, 1.54) is 121 Å². The lowest BCUT2D eigenvalue weighted by molar-refractivity contribution is 1.20. The predicted octanol–water partition coefficient (Wildman–Crippen LogP) is 32.6. The molecule has 26 rings (SSSR count). The molecule has 0 unspecified atom stereocenters. The zero-order chi connectivity index (χ0) is 81.9. The van der Waals surface area contributed by atoms with E-state index in [-0.39, 0.29) is 0 Å². The molecule has 0 N–H and O–H groups in total. The minimum absolute atomic E-state index is 0.893. The van der Waals surface area contributed by atoms with Crippen LogP contribution in [0, 0.1) is 6.92 Å². The molecule has 20 aromatic carbocycles. The van der Waals surface area contributed by atoms with Gasteiger partial charge in [-0.25, -0.2) is 29.9 Å². The van der Waals surface area contributed by atoms with Crippen molar-refractivity contribution < 1.29 is 0 Å². The SMILES string of the molecule is Cc1nc2c3ccccc3c3ccccc3c2nc1-c1ccccc1-c1cccc2c1sc1ccccc12.c1ccc(-c2nc3c4ccccc4c4ccccc4c3nc2-c2ccc(-c3cccc4c3sc3ccccc34)cc2)cc1.c1ccc(-c2nc3c4ccccc4c4ccccc4c3nc2-c2ccccc2-c2cccc3c2sc2ccccc23)cc1. The van der Waals surface area contributed by atoms with E-state index in [2.05, 4.69) is 407 Å². The van der Waals surface area contributed by atoms with Gasteiger partial charge in [0.2, 0.25) is 0 Å². The normalized spacial score (nSPS) is 11.8. The van der Waals surface area contributed by atoms with Gasteiger partial charge in [0, 0.05) is 132 Å². The minimum Gasteiger partial charge on any atom is -0.249 e. The molecule has 9 heteroatoms. The molecule has 124 heavy (non-hydrogen) atoms. The van der Waals surface area contributed by atoms with Gasteiger partial charge in [-0.05, 0) is 79.7 Å². The standard InChI is InChI=1S/2C40H24N2S.C35H22N2S/c1-2-13-25(14-3-1)36-37(42-39-31-20-8-5-16-27(31)26-15-4-7-19-30(26)38(39)41-36)32-21-9-6-17-28(32)33-22-12-23-34-29-18-10-11-24-35(29)43-40(33)34;1-2-11-26(12-3-1)36-37(42-39-33-17-7-5-14-30(33)29-13-4-6-16-32(29)38(39)41-36)27-23-21-25(22-24-27)28-18-10-19-34-31-15-8-9-20-35(31)43-40(28)34;1-21-32(37-34-28-17-7-3-12-23(28)22-11-2-6-16-27(22)33(34)36-21)26-15-5-4-13-24(26)29-18-10-19-30-25-14-8-9-20-31(25)38-35(29)30/h2*1-24H;2-20H,1H3. The van der Waals surface area contributed by atoms with Crippen LogP contribution >= 0.6 is 34.0 Å². The number of benzene rings is 20. The Morgan fingerprint density at radius 3 is 0.734 bits per heavy atom. The summed E-state index contributed by atoms with van der Waals surface area (Å²) in [6.07, 6.45) is 0. The molecule has 0 radical (unpaired) electrons. The summed E-state index contributed by atoms with van der Waals surface area (Å²) in [7, 11) is 0. The first-order valence-electron chi connectivity index (χ1n) is 41.9. The Hall–Kier alpha value is -15.4. The monoisotopic (exact) mass is 1630 g/mol. The molecule has 0 aliphatic heterocycles. The number of nitrogens with zero attached hydrogens (tertiary/aromatic N) is 6. The van der Waals surface area contributed by atoms with Crippen molar-refractivity contribution in [3.05, 3.63) is 412 Å². The Morgan fingerprint density at radius 1 is 0.145 bits per heavy atom. The summed E-state index contributed by atoms with van der Waals surface area (Å²) in [5.41, 5.74) is 23.7. The number of aryl methyl sites for hydroxylation is 1. The average Bonchev–Trinajstić information content (AvgIpc) is 1.40. The first kappa shape index (κ1) is 72.6. The van der Waals surface area contributed by atoms with E-state index in [4.69, 9.17) is 29.9 Å². The van der Waals surface area contributed by atoms with E-state index in [1.54, 1.807) is 0 Å². The molecule has 0 saturated heterocycles. The van der Waals surface area contributed by atoms with E-state index in [0.717, 1.165) is 133 Å². The van der Waals surface area contributed by atoms with Gasteiger partial charge in [0.25, 0.3) is 0 Å². The van der Waals surface area contributed by atoms with Crippen LogP contribution in [0.15, 0.2) is 406 Å². The first-order chi connectivity index (χ1) is 61.5. The van der Waals surface area contributed by atoms with Crippen LogP contribution in [0.1, 0.15) is 5.69 Å². The fourth-order valence-corrected chi connectivity index (χ4v) is 22.6. The highest BCUT2D eigenvalue weighted by Gasteiger charge is 2.25. The van der Waals surface area contributed by atoms with Gasteiger partial charge in [-0.1, -0.05) is 388 Å². The van der Waals surface area contributed by atoms with Crippen LogP contribution in [0.4, 0.5) is 0 Å². The molecule has 0 atom stereocenters. The van der Waals surface area contributed by atoms with E-state index in [9.17, 15) is 0 Å². The highest BCUT2D eigenvalue weighted by atomic mass is 32.1. The van der Waals surface area contributed by atoms with E-state index < -0.39 is 0 Å². The zero-order valence-corrected chi connectivity index (χ0v) is 69.5. The van der Waals surface area contributed by atoms with Crippen molar-refractivity contribution >= 4 is 192 Å². The summed E-state index contributed by atoms with van der Waals surface area (Å²) in [6.45, 7) is 2.09. The Balaban J connectivity index is 0.000000105. The van der Waals surface area contributed by atoms with Crippen LogP contribution < -0.4 is 0 Å². The lowest BCUT2D eigenvalue weighted by Gasteiger charge is -2.17. The first-order valence-corrected chi connectivity index (χ1v) is 44.3. The fourth-order valence-electron chi connectivity index (χ4n) is 18.9. The number of hydrogen-bond acceptors (Lipinski definition) is 9. The number of thiophene rings is 3. The van der Waals surface area contributed by atoms with Crippen molar-refractivity contribution in [3.63, 3.8) is 0 Å². The fraction of sp³-hybridized carbons (Fsp3) is 0.00870. The average molecular weight is 1630 g/mol. The van der Waals surface area contributed by atoms with Crippen LogP contribution in [-0.4, -0.2) is 29.9 Å². The van der Waals surface area contributed by atoms with Crippen LogP contribution in [0.2, 0.25) is 0 Å². The molecule has 0 spiro atoms. The molecule has 6 heterocycles. The highest BCUT2D eigenvalue weighted by Crippen LogP contribution is 2.49. The highest BCUT2D eigenvalue weighted by molar-refractivity contribution is 7.27. The Bertz CT molecular complexity index is 8840. The summed E-state index contributed by atoms with van der Waals surface area (Å²) in [5.74, 6) is 0. The zero-order valence-electron chi connectivity index (χ0n) is 67.1. The van der Waals surface area contributed by atoms with Crippen LogP contribution in [0.5, 0.6) is 0 Å². The number of hydrogen-bond donors (Lipinski definition) is 0. The molecule has 6 nitrogen and oxygen atoms in total. The second-order valence-electron chi connectivity index (χ2n) is 31.6. The van der Waals surface area contributed by atoms with Crippen LogP contribution in [0.25, 0.3) is 248 Å². The molecular formula is C115H70N6S3. The van der Waals surface area contributed by atoms with Crippen molar-refractivity contribution in [2.24, 2.45) is 0 Å². The molecule has 0 fully saturated rings. The maximum Gasteiger partial charge on any atom is 0.0979 e. The topological polar surface area (TPSA) is 77.3 Å². The molecular weight excluding hydrogens is 1560 g/mol. The molecule has 578 valence electrons.